The Morgan fingerprint density at radius 2 is 1.81 bits per heavy atom. The summed E-state index contributed by atoms with van der Waals surface area (Å²) in [5, 5.41) is 6.72. The van der Waals surface area contributed by atoms with Crippen LogP contribution in [-0.2, 0) is 6.42 Å². The number of aromatic nitrogens is 2. The van der Waals surface area contributed by atoms with Crippen LogP contribution in [0.15, 0.2) is 54.7 Å². The van der Waals surface area contributed by atoms with Crippen molar-refractivity contribution in [2.75, 3.05) is 11.9 Å². The van der Waals surface area contributed by atoms with Gasteiger partial charge in [0.05, 0.1) is 0 Å². The van der Waals surface area contributed by atoms with E-state index in [1.807, 2.05) is 49.4 Å². The highest BCUT2D eigenvalue weighted by molar-refractivity contribution is 6.30. The van der Waals surface area contributed by atoms with Crippen LogP contribution in [-0.4, -0.2) is 22.4 Å². The third kappa shape index (κ3) is 5.28. The Bertz CT molecular complexity index is 941. The minimum atomic E-state index is -0.227. The highest BCUT2D eigenvalue weighted by atomic mass is 35.5. The third-order valence-corrected chi connectivity index (χ3v) is 4.52. The maximum Gasteiger partial charge on any atom is 0.270 e. The highest BCUT2D eigenvalue weighted by Gasteiger charge is 2.09. The van der Waals surface area contributed by atoms with Crippen LogP contribution in [0, 0.1) is 13.8 Å². The topological polar surface area (TPSA) is 66.9 Å². The molecule has 1 amide bonds. The van der Waals surface area contributed by atoms with Crippen molar-refractivity contribution >= 4 is 29.1 Å². The van der Waals surface area contributed by atoms with Crippen molar-refractivity contribution in [2.24, 2.45) is 0 Å². The van der Waals surface area contributed by atoms with Gasteiger partial charge in [-0.1, -0.05) is 29.8 Å². The van der Waals surface area contributed by atoms with E-state index in [1.54, 1.807) is 12.3 Å². The first-order valence-electron chi connectivity index (χ1n) is 8.71. The van der Waals surface area contributed by atoms with Crippen molar-refractivity contribution < 1.29 is 4.79 Å². The van der Waals surface area contributed by atoms with Gasteiger partial charge in [0, 0.05) is 23.5 Å². The molecule has 2 N–H and O–H groups in total. The summed E-state index contributed by atoms with van der Waals surface area (Å²) in [6.45, 7) is 4.63. The van der Waals surface area contributed by atoms with Gasteiger partial charge in [-0.2, -0.15) is 0 Å². The predicted molar refractivity (Wildman–Crippen MR) is 109 cm³/mol. The molecule has 0 bridgehead atoms. The fraction of sp³-hybridized carbons (Fsp3) is 0.190. The number of hydrogen-bond donors (Lipinski definition) is 2. The number of nitrogens with one attached hydrogen (secondary N) is 2. The number of carbonyl (C=O) groups excluding carboxylic acids is 1. The Hall–Kier alpha value is -2.92. The molecule has 0 atom stereocenters. The van der Waals surface area contributed by atoms with E-state index in [9.17, 15) is 4.79 Å². The minimum absolute atomic E-state index is 0.227. The van der Waals surface area contributed by atoms with Gasteiger partial charge in [0.15, 0.2) is 0 Å². The zero-order valence-electron chi connectivity index (χ0n) is 15.3. The number of amides is 1. The van der Waals surface area contributed by atoms with Gasteiger partial charge in [-0.05, 0) is 67.3 Å². The standard InChI is InChI=1S/C21H21ClN4O/c1-14-3-8-18(13-15(14)2)25-21-24-12-10-19(26-21)20(27)23-11-9-16-4-6-17(22)7-5-16/h3-8,10,12-13H,9,11H2,1-2H3,(H,23,27)(H,24,25,26). The van der Waals surface area contributed by atoms with Crippen molar-refractivity contribution in [3.05, 3.63) is 82.1 Å². The monoisotopic (exact) mass is 380 g/mol. The summed E-state index contributed by atoms with van der Waals surface area (Å²) in [5.74, 6) is 0.165. The van der Waals surface area contributed by atoms with Gasteiger partial charge >= 0.3 is 0 Å². The van der Waals surface area contributed by atoms with E-state index in [0.29, 0.717) is 23.2 Å². The fourth-order valence-corrected chi connectivity index (χ4v) is 2.68. The number of carbonyl (C=O) groups is 1. The summed E-state index contributed by atoms with van der Waals surface area (Å²) in [6.07, 6.45) is 2.30. The molecule has 0 aliphatic rings. The fourth-order valence-electron chi connectivity index (χ4n) is 2.56. The average molecular weight is 381 g/mol. The van der Waals surface area contributed by atoms with Crippen molar-refractivity contribution in [3.63, 3.8) is 0 Å². The Kier molecular flexibility index (Phi) is 6.04. The zero-order chi connectivity index (χ0) is 19.2. The molecular formula is C21H21ClN4O. The molecule has 0 aliphatic heterocycles. The molecule has 1 aromatic heterocycles. The van der Waals surface area contributed by atoms with Crippen LogP contribution in [0.2, 0.25) is 5.02 Å². The normalized spacial score (nSPS) is 10.5. The summed E-state index contributed by atoms with van der Waals surface area (Å²) in [7, 11) is 0. The molecule has 0 saturated heterocycles. The summed E-state index contributed by atoms with van der Waals surface area (Å²) in [5.41, 5.74) is 4.72. The summed E-state index contributed by atoms with van der Waals surface area (Å²) in [6, 6.07) is 15.2. The molecule has 0 radical (unpaired) electrons. The number of rotatable bonds is 6. The molecule has 0 aliphatic carbocycles. The molecule has 0 fully saturated rings. The summed E-state index contributed by atoms with van der Waals surface area (Å²) >= 11 is 5.88. The van der Waals surface area contributed by atoms with Crippen molar-refractivity contribution in [1.82, 2.24) is 15.3 Å². The molecule has 1 heterocycles. The number of hydrogen-bond acceptors (Lipinski definition) is 4. The van der Waals surface area contributed by atoms with Crippen LogP contribution in [0.3, 0.4) is 0 Å². The second kappa shape index (κ2) is 8.64. The quantitative estimate of drug-likeness (QED) is 0.662. The van der Waals surface area contributed by atoms with Gasteiger partial charge < -0.3 is 10.6 Å². The van der Waals surface area contributed by atoms with E-state index in [0.717, 1.165) is 17.7 Å². The number of aryl methyl sites for hydroxylation is 2. The van der Waals surface area contributed by atoms with Gasteiger partial charge in [-0.3, -0.25) is 4.79 Å². The Morgan fingerprint density at radius 3 is 2.56 bits per heavy atom. The van der Waals surface area contributed by atoms with E-state index in [1.165, 1.54) is 11.1 Å². The first-order valence-corrected chi connectivity index (χ1v) is 9.09. The number of nitrogens with zero attached hydrogens (tertiary/aromatic N) is 2. The number of benzene rings is 2. The zero-order valence-corrected chi connectivity index (χ0v) is 16.0. The SMILES string of the molecule is Cc1ccc(Nc2nccc(C(=O)NCCc3ccc(Cl)cc3)n2)cc1C. The van der Waals surface area contributed by atoms with E-state index in [-0.39, 0.29) is 5.91 Å². The Labute approximate surface area is 163 Å². The Balaban J connectivity index is 1.59. The molecule has 3 rings (SSSR count). The van der Waals surface area contributed by atoms with Crippen molar-refractivity contribution in [1.29, 1.82) is 0 Å². The lowest BCUT2D eigenvalue weighted by molar-refractivity contribution is 0.0949. The van der Waals surface area contributed by atoms with E-state index >= 15 is 0 Å². The molecule has 6 heteroatoms. The van der Waals surface area contributed by atoms with Gasteiger partial charge in [-0.25, -0.2) is 9.97 Å². The molecule has 27 heavy (non-hydrogen) atoms. The van der Waals surface area contributed by atoms with Crippen LogP contribution in [0.4, 0.5) is 11.6 Å². The average Bonchev–Trinajstić information content (AvgIpc) is 2.66. The molecule has 3 aromatic rings. The largest absolute Gasteiger partial charge is 0.350 e. The lowest BCUT2D eigenvalue weighted by Crippen LogP contribution is -2.26. The number of halogens is 1. The van der Waals surface area contributed by atoms with E-state index in [4.69, 9.17) is 11.6 Å². The summed E-state index contributed by atoms with van der Waals surface area (Å²) in [4.78, 5) is 20.8. The first-order chi connectivity index (χ1) is 13.0. The van der Waals surface area contributed by atoms with Gasteiger partial charge in [0.2, 0.25) is 5.95 Å². The van der Waals surface area contributed by atoms with Gasteiger partial charge in [0.1, 0.15) is 5.69 Å². The van der Waals surface area contributed by atoms with Crippen molar-refractivity contribution in [3.8, 4) is 0 Å². The minimum Gasteiger partial charge on any atom is -0.350 e. The van der Waals surface area contributed by atoms with Crippen LogP contribution in [0.25, 0.3) is 0 Å². The molecule has 5 nitrogen and oxygen atoms in total. The molecule has 0 spiro atoms. The molecule has 138 valence electrons. The van der Waals surface area contributed by atoms with Crippen molar-refractivity contribution in [2.45, 2.75) is 20.3 Å². The van der Waals surface area contributed by atoms with Gasteiger partial charge in [-0.15, -0.1) is 0 Å². The third-order valence-electron chi connectivity index (χ3n) is 4.26. The maximum absolute atomic E-state index is 12.3. The lowest BCUT2D eigenvalue weighted by Gasteiger charge is -2.09. The molecule has 0 unspecified atom stereocenters. The Morgan fingerprint density at radius 1 is 1.04 bits per heavy atom. The maximum atomic E-state index is 12.3. The highest BCUT2D eigenvalue weighted by Crippen LogP contribution is 2.17. The lowest BCUT2D eigenvalue weighted by atomic mass is 10.1. The van der Waals surface area contributed by atoms with Crippen LogP contribution < -0.4 is 10.6 Å². The molecule has 0 saturated carbocycles. The molecular weight excluding hydrogens is 360 g/mol. The smallest absolute Gasteiger partial charge is 0.270 e. The molecule has 2 aromatic carbocycles. The first kappa shape index (κ1) is 18.9. The van der Waals surface area contributed by atoms with Crippen LogP contribution in [0.1, 0.15) is 27.2 Å². The second-order valence-electron chi connectivity index (χ2n) is 6.32. The van der Waals surface area contributed by atoms with Gasteiger partial charge in [0.25, 0.3) is 5.91 Å². The predicted octanol–water partition coefficient (Wildman–Crippen LogP) is 4.46. The van der Waals surface area contributed by atoms with Crippen LogP contribution in [0.5, 0.6) is 0 Å². The number of anilines is 2. The summed E-state index contributed by atoms with van der Waals surface area (Å²) < 4.78 is 0. The van der Waals surface area contributed by atoms with E-state index in [2.05, 4.69) is 27.5 Å². The van der Waals surface area contributed by atoms with E-state index < -0.39 is 0 Å². The second-order valence-corrected chi connectivity index (χ2v) is 6.76. The van der Waals surface area contributed by atoms with Crippen LogP contribution >= 0.6 is 11.6 Å².